The Morgan fingerprint density at radius 1 is 0.821 bits per heavy atom. The first-order valence-corrected chi connectivity index (χ1v) is 9.11. The summed E-state index contributed by atoms with van der Waals surface area (Å²) in [5, 5.41) is 4.23. The van der Waals surface area contributed by atoms with Crippen molar-refractivity contribution < 1.29 is 14.3 Å². The largest absolute Gasteiger partial charge is 0.486 e. The van der Waals surface area contributed by atoms with Crippen LogP contribution in [0.3, 0.4) is 0 Å². The zero-order valence-corrected chi connectivity index (χ0v) is 15.5. The van der Waals surface area contributed by atoms with E-state index >= 15 is 0 Å². The molecule has 5 heteroatoms. The van der Waals surface area contributed by atoms with E-state index in [9.17, 15) is 4.79 Å². The molecule has 3 aromatic rings. The van der Waals surface area contributed by atoms with E-state index in [0.29, 0.717) is 30.3 Å². The maximum atomic E-state index is 12.4. The molecule has 140 valence electrons. The summed E-state index contributed by atoms with van der Waals surface area (Å²) >= 11 is 0. The molecule has 0 bridgehead atoms. The van der Waals surface area contributed by atoms with Crippen LogP contribution in [0.5, 0.6) is 11.5 Å². The standard InChI is InChI=1S/C23H20N2O3/c1-16(17-7-9-19(10-8-17)18-5-3-2-4-6-18)24-25-23(26)20-11-12-21-22(15-20)28-14-13-27-21/h2-12,15H,13-14H2,1H3,(H,25,26). The second-order valence-electron chi connectivity index (χ2n) is 6.44. The normalized spacial score (nSPS) is 13.1. The van der Waals surface area contributed by atoms with Crippen molar-refractivity contribution in [1.29, 1.82) is 0 Å². The molecule has 0 radical (unpaired) electrons. The Morgan fingerprint density at radius 2 is 1.46 bits per heavy atom. The summed E-state index contributed by atoms with van der Waals surface area (Å²) in [6.07, 6.45) is 0. The summed E-state index contributed by atoms with van der Waals surface area (Å²) < 4.78 is 11.0. The Bertz CT molecular complexity index is 1010. The van der Waals surface area contributed by atoms with Crippen LogP contribution < -0.4 is 14.9 Å². The number of hydrazone groups is 1. The number of nitrogens with one attached hydrogen (secondary N) is 1. The average molecular weight is 372 g/mol. The van der Waals surface area contributed by atoms with Crippen molar-refractivity contribution in [2.75, 3.05) is 13.2 Å². The van der Waals surface area contributed by atoms with Gasteiger partial charge in [-0.1, -0.05) is 54.6 Å². The van der Waals surface area contributed by atoms with Gasteiger partial charge in [0.2, 0.25) is 0 Å². The van der Waals surface area contributed by atoms with Gasteiger partial charge in [-0.05, 0) is 41.8 Å². The third-order valence-corrected chi connectivity index (χ3v) is 4.54. The summed E-state index contributed by atoms with van der Waals surface area (Å²) in [5.74, 6) is 0.939. The smallest absolute Gasteiger partial charge is 0.271 e. The predicted molar refractivity (Wildman–Crippen MR) is 109 cm³/mol. The topological polar surface area (TPSA) is 59.9 Å². The Balaban J connectivity index is 1.45. The molecule has 5 nitrogen and oxygen atoms in total. The van der Waals surface area contributed by atoms with Gasteiger partial charge in [0.25, 0.3) is 5.91 Å². The Labute approximate surface area is 163 Å². The van der Waals surface area contributed by atoms with Crippen molar-refractivity contribution in [1.82, 2.24) is 5.43 Å². The lowest BCUT2D eigenvalue weighted by atomic mass is 10.0. The van der Waals surface area contributed by atoms with E-state index in [2.05, 4.69) is 22.7 Å². The first-order chi connectivity index (χ1) is 13.7. The number of amides is 1. The van der Waals surface area contributed by atoms with Crippen LogP contribution in [0.2, 0.25) is 0 Å². The van der Waals surface area contributed by atoms with Crippen molar-refractivity contribution in [3.63, 3.8) is 0 Å². The van der Waals surface area contributed by atoms with Gasteiger partial charge in [-0.25, -0.2) is 5.43 Å². The number of carbonyl (C=O) groups is 1. The Kier molecular flexibility index (Phi) is 5.06. The summed E-state index contributed by atoms with van der Waals surface area (Å²) in [6, 6.07) is 23.4. The molecule has 1 aliphatic heterocycles. The molecule has 0 atom stereocenters. The minimum atomic E-state index is -0.294. The Hall–Kier alpha value is -3.60. The predicted octanol–water partition coefficient (Wildman–Crippen LogP) is 4.28. The number of fused-ring (bicyclic) bond motifs is 1. The van der Waals surface area contributed by atoms with Gasteiger partial charge in [-0.3, -0.25) is 4.79 Å². The number of hydrogen-bond donors (Lipinski definition) is 1. The van der Waals surface area contributed by atoms with Gasteiger partial charge in [0.15, 0.2) is 11.5 Å². The van der Waals surface area contributed by atoms with Crippen LogP contribution in [0, 0.1) is 0 Å². The molecule has 1 amide bonds. The van der Waals surface area contributed by atoms with Crippen molar-refractivity contribution in [3.05, 3.63) is 83.9 Å². The van der Waals surface area contributed by atoms with Crippen LogP contribution in [-0.2, 0) is 0 Å². The third kappa shape index (κ3) is 3.88. The average Bonchev–Trinajstić information content (AvgIpc) is 2.77. The van der Waals surface area contributed by atoms with Gasteiger partial charge in [0.05, 0.1) is 5.71 Å². The minimum Gasteiger partial charge on any atom is -0.486 e. The molecule has 28 heavy (non-hydrogen) atoms. The maximum Gasteiger partial charge on any atom is 0.271 e. The maximum absolute atomic E-state index is 12.4. The van der Waals surface area contributed by atoms with E-state index in [1.54, 1.807) is 18.2 Å². The summed E-state index contributed by atoms with van der Waals surface area (Å²) in [4.78, 5) is 12.4. The Morgan fingerprint density at radius 3 is 2.21 bits per heavy atom. The molecule has 0 aromatic heterocycles. The number of carbonyl (C=O) groups excluding carboxylic acids is 1. The van der Waals surface area contributed by atoms with Crippen LogP contribution in [0.25, 0.3) is 11.1 Å². The number of rotatable bonds is 4. The molecule has 1 N–H and O–H groups in total. The molecule has 3 aromatic carbocycles. The first kappa shape index (κ1) is 17.8. The highest BCUT2D eigenvalue weighted by Gasteiger charge is 2.14. The van der Waals surface area contributed by atoms with Gasteiger partial charge >= 0.3 is 0 Å². The highest BCUT2D eigenvalue weighted by Crippen LogP contribution is 2.30. The fourth-order valence-electron chi connectivity index (χ4n) is 2.98. The van der Waals surface area contributed by atoms with Crippen molar-refractivity contribution >= 4 is 11.6 Å². The number of ether oxygens (including phenoxy) is 2. The molecule has 0 fully saturated rings. The molecular weight excluding hydrogens is 352 g/mol. The summed E-state index contributed by atoms with van der Waals surface area (Å²) in [7, 11) is 0. The molecule has 1 aliphatic rings. The van der Waals surface area contributed by atoms with Gasteiger partial charge in [-0.2, -0.15) is 5.10 Å². The van der Waals surface area contributed by atoms with Crippen LogP contribution in [0.15, 0.2) is 77.9 Å². The minimum absolute atomic E-state index is 0.294. The van der Waals surface area contributed by atoms with E-state index < -0.39 is 0 Å². The second kappa shape index (κ2) is 7.96. The lowest BCUT2D eigenvalue weighted by Crippen LogP contribution is -2.20. The molecular formula is C23H20N2O3. The van der Waals surface area contributed by atoms with Crippen molar-refractivity contribution in [3.8, 4) is 22.6 Å². The second-order valence-corrected chi connectivity index (χ2v) is 6.44. The third-order valence-electron chi connectivity index (χ3n) is 4.54. The van der Waals surface area contributed by atoms with Crippen molar-refractivity contribution in [2.45, 2.75) is 6.92 Å². The fraction of sp³-hybridized carbons (Fsp3) is 0.130. The van der Waals surface area contributed by atoms with E-state index in [-0.39, 0.29) is 5.91 Å². The molecule has 4 rings (SSSR count). The SMILES string of the molecule is CC(=NNC(=O)c1ccc2c(c1)OCCO2)c1ccc(-c2ccccc2)cc1. The highest BCUT2D eigenvalue weighted by atomic mass is 16.6. The molecule has 0 spiro atoms. The summed E-state index contributed by atoms with van der Waals surface area (Å²) in [5.41, 5.74) is 7.05. The van der Waals surface area contributed by atoms with Gasteiger partial charge in [0.1, 0.15) is 13.2 Å². The highest BCUT2D eigenvalue weighted by molar-refractivity contribution is 6.01. The van der Waals surface area contributed by atoms with Crippen LogP contribution in [0.4, 0.5) is 0 Å². The quantitative estimate of drug-likeness (QED) is 0.549. The van der Waals surface area contributed by atoms with Gasteiger partial charge in [-0.15, -0.1) is 0 Å². The monoisotopic (exact) mass is 372 g/mol. The number of benzene rings is 3. The van der Waals surface area contributed by atoms with Gasteiger partial charge in [0, 0.05) is 5.56 Å². The summed E-state index contributed by atoms with van der Waals surface area (Å²) in [6.45, 7) is 2.86. The van der Waals surface area contributed by atoms with Gasteiger partial charge < -0.3 is 9.47 Å². The molecule has 0 saturated heterocycles. The van der Waals surface area contributed by atoms with E-state index in [0.717, 1.165) is 22.4 Å². The first-order valence-electron chi connectivity index (χ1n) is 9.11. The zero-order valence-electron chi connectivity index (χ0n) is 15.5. The molecule has 0 unspecified atom stereocenters. The van der Waals surface area contributed by atoms with Crippen LogP contribution in [-0.4, -0.2) is 24.8 Å². The van der Waals surface area contributed by atoms with E-state index in [1.165, 1.54) is 0 Å². The van der Waals surface area contributed by atoms with Crippen molar-refractivity contribution in [2.24, 2.45) is 5.10 Å². The number of hydrogen-bond acceptors (Lipinski definition) is 4. The van der Waals surface area contributed by atoms with Crippen LogP contribution >= 0.6 is 0 Å². The number of nitrogens with zero attached hydrogens (tertiary/aromatic N) is 1. The molecule has 0 aliphatic carbocycles. The lowest BCUT2D eigenvalue weighted by molar-refractivity contribution is 0.0953. The lowest BCUT2D eigenvalue weighted by Gasteiger charge is -2.18. The zero-order chi connectivity index (χ0) is 19.3. The molecule has 0 saturated carbocycles. The van der Waals surface area contributed by atoms with Crippen LogP contribution in [0.1, 0.15) is 22.8 Å². The molecule has 1 heterocycles. The fourth-order valence-corrected chi connectivity index (χ4v) is 2.98. The van der Waals surface area contributed by atoms with E-state index in [4.69, 9.17) is 9.47 Å². The van der Waals surface area contributed by atoms with E-state index in [1.807, 2.05) is 49.4 Å².